The van der Waals surface area contributed by atoms with Gasteiger partial charge in [-0.25, -0.2) is 9.97 Å². The van der Waals surface area contributed by atoms with E-state index in [0.717, 1.165) is 32.4 Å². The highest BCUT2D eigenvalue weighted by molar-refractivity contribution is 8.00. The van der Waals surface area contributed by atoms with Gasteiger partial charge in [0.2, 0.25) is 5.91 Å². The van der Waals surface area contributed by atoms with Crippen LogP contribution < -0.4 is 0 Å². The fourth-order valence-electron chi connectivity index (χ4n) is 3.12. The molecular formula is C19H23N3OS. The molecule has 0 N–H and O–H groups in total. The second-order valence-corrected chi connectivity index (χ2v) is 7.56. The third-order valence-corrected chi connectivity index (χ3v) is 5.44. The van der Waals surface area contributed by atoms with Gasteiger partial charge >= 0.3 is 0 Å². The van der Waals surface area contributed by atoms with Crippen LogP contribution in [-0.2, 0) is 11.2 Å². The molecule has 2 aromatic rings. The quantitative estimate of drug-likeness (QED) is 0.617. The maximum absolute atomic E-state index is 12.6. The molecule has 126 valence electrons. The summed E-state index contributed by atoms with van der Waals surface area (Å²) in [6.07, 6.45) is 6.70. The summed E-state index contributed by atoms with van der Waals surface area (Å²) in [5, 5.41) is 0.524. The van der Waals surface area contributed by atoms with Gasteiger partial charge in [0.25, 0.3) is 0 Å². The number of carbonyl (C=O) groups is 1. The van der Waals surface area contributed by atoms with Gasteiger partial charge in [0.05, 0.1) is 5.25 Å². The van der Waals surface area contributed by atoms with Crippen LogP contribution >= 0.6 is 11.8 Å². The van der Waals surface area contributed by atoms with E-state index in [0.29, 0.717) is 11.1 Å². The van der Waals surface area contributed by atoms with Gasteiger partial charge in [-0.1, -0.05) is 42.1 Å². The van der Waals surface area contributed by atoms with Gasteiger partial charge in [0, 0.05) is 25.5 Å². The molecule has 0 saturated carbocycles. The lowest BCUT2D eigenvalue weighted by atomic mass is 9.90. The summed E-state index contributed by atoms with van der Waals surface area (Å²) in [6.45, 7) is 3.66. The number of hydrogen-bond acceptors (Lipinski definition) is 4. The zero-order valence-electron chi connectivity index (χ0n) is 14.0. The summed E-state index contributed by atoms with van der Waals surface area (Å²) in [5.41, 5.74) is 1.40. The number of aromatic nitrogens is 2. The number of benzene rings is 1. The van der Waals surface area contributed by atoms with Crippen molar-refractivity contribution >= 4 is 17.7 Å². The van der Waals surface area contributed by atoms with E-state index in [1.54, 1.807) is 18.5 Å². The van der Waals surface area contributed by atoms with Gasteiger partial charge in [0.1, 0.15) is 0 Å². The first-order valence-electron chi connectivity index (χ1n) is 8.49. The lowest BCUT2D eigenvalue weighted by Crippen LogP contribution is -2.42. The third-order valence-electron chi connectivity index (χ3n) is 4.47. The molecule has 0 aliphatic carbocycles. The van der Waals surface area contributed by atoms with Crippen LogP contribution in [0.25, 0.3) is 0 Å². The first-order valence-corrected chi connectivity index (χ1v) is 9.36. The average molecular weight is 341 g/mol. The van der Waals surface area contributed by atoms with Crippen LogP contribution in [0.15, 0.2) is 53.9 Å². The van der Waals surface area contributed by atoms with Gasteiger partial charge in [-0.2, -0.15) is 0 Å². The van der Waals surface area contributed by atoms with Crippen LogP contribution in [0, 0.1) is 5.92 Å². The van der Waals surface area contributed by atoms with Gasteiger partial charge in [-0.05, 0) is 43.7 Å². The van der Waals surface area contributed by atoms with Crippen LogP contribution in [0.5, 0.6) is 0 Å². The number of nitrogens with zero attached hydrogens (tertiary/aromatic N) is 3. The maximum Gasteiger partial charge on any atom is 0.235 e. The Morgan fingerprint density at radius 3 is 2.50 bits per heavy atom. The summed E-state index contributed by atoms with van der Waals surface area (Å²) in [6, 6.07) is 12.4. The van der Waals surface area contributed by atoms with Crippen molar-refractivity contribution in [2.24, 2.45) is 5.92 Å². The number of hydrogen-bond donors (Lipinski definition) is 0. The number of piperidine rings is 1. The Hall–Kier alpha value is -1.88. The minimum atomic E-state index is -0.141. The van der Waals surface area contributed by atoms with E-state index in [1.165, 1.54) is 17.3 Å². The van der Waals surface area contributed by atoms with Crippen LogP contribution in [0.2, 0.25) is 0 Å². The van der Waals surface area contributed by atoms with Crippen molar-refractivity contribution in [3.8, 4) is 0 Å². The van der Waals surface area contributed by atoms with E-state index in [2.05, 4.69) is 40.3 Å². The van der Waals surface area contributed by atoms with Crippen molar-refractivity contribution in [3.05, 3.63) is 54.4 Å². The highest BCUT2D eigenvalue weighted by Crippen LogP contribution is 2.25. The molecule has 1 aliphatic heterocycles. The van der Waals surface area contributed by atoms with Crippen molar-refractivity contribution in [1.82, 2.24) is 14.9 Å². The van der Waals surface area contributed by atoms with Crippen molar-refractivity contribution in [3.63, 3.8) is 0 Å². The molecule has 5 heteroatoms. The third kappa shape index (κ3) is 4.57. The van der Waals surface area contributed by atoms with Gasteiger partial charge in [-0.15, -0.1) is 0 Å². The largest absolute Gasteiger partial charge is 0.342 e. The molecule has 0 radical (unpaired) electrons. The molecule has 0 unspecified atom stereocenters. The fraction of sp³-hybridized carbons (Fsp3) is 0.421. The van der Waals surface area contributed by atoms with E-state index in [1.807, 2.05) is 11.8 Å². The average Bonchev–Trinajstić information content (AvgIpc) is 2.63. The summed E-state index contributed by atoms with van der Waals surface area (Å²) < 4.78 is 0. The Kier molecular flexibility index (Phi) is 5.86. The zero-order valence-corrected chi connectivity index (χ0v) is 14.8. The summed E-state index contributed by atoms with van der Waals surface area (Å²) in [4.78, 5) is 23.0. The monoisotopic (exact) mass is 341 g/mol. The summed E-state index contributed by atoms with van der Waals surface area (Å²) in [7, 11) is 0. The van der Waals surface area contributed by atoms with Crippen LogP contribution in [0.4, 0.5) is 0 Å². The van der Waals surface area contributed by atoms with Gasteiger partial charge in [-0.3, -0.25) is 4.79 Å². The molecule has 2 heterocycles. The number of rotatable bonds is 5. The molecule has 0 bridgehead atoms. The Bertz CT molecular complexity index is 642. The molecule has 1 aliphatic rings. The van der Waals surface area contributed by atoms with E-state index in [4.69, 9.17) is 0 Å². The van der Waals surface area contributed by atoms with Crippen LogP contribution in [0.3, 0.4) is 0 Å². The Morgan fingerprint density at radius 1 is 1.17 bits per heavy atom. The SMILES string of the molecule is C[C@H](Sc1ncccn1)C(=O)N1CCC(Cc2ccccc2)CC1. The molecule has 1 aromatic heterocycles. The van der Waals surface area contributed by atoms with Crippen molar-refractivity contribution in [1.29, 1.82) is 0 Å². The Balaban J connectivity index is 1.48. The van der Waals surface area contributed by atoms with E-state index < -0.39 is 0 Å². The minimum Gasteiger partial charge on any atom is -0.342 e. The summed E-state index contributed by atoms with van der Waals surface area (Å²) >= 11 is 1.44. The van der Waals surface area contributed by atoms with Crippen LogP contribution in [0.1, 0.15) is 25.3 Å². The molecule has 1 atom stereocenters. The predicted octanol–water partition coefficient (Wildman–Crippen LogP) is 3.44. The molecule has 1 fully saturated rings. The topological polar surface area (TPSA) is 46.1 Å². The Morgan fingerprint density at radius 2 is 1.83 bits per heavy atom. The van der Waals surface area contributed by atoms with Crippen LogP contribution in [-0.4, -0.2) is 39.1 Å². The molecular weight excluding hydrogens is 318 g/mol. The molecule has 1 aromatic carbocycles. The maximum atomic E-state index is 12.6. The first-order chi connectivity index (χ1) is 11.7. The number of amides is 1. The molecule has 24 heavy (non-hydrogen) atoms. The lowest BCUT2D eigenvalue weighted by molar-refractivity contribution is -0.131. The molecule has 3 rings (SSSR count). The zero-order chi connectivity index (χ0) is 16.8. The summed E-state index contributed by atoms with van der Waals surface area (Å²) in [5.74, 6) is 0.877. The van der Waals surface area contributed by atoms with Gasteiger partial charge in [0.15, 0.2) is 5.16 Å². The molecule has 0 spiro atoms. The number of thioether (sulfide) groups is 1. The molecule has 4 nitrogen and oxygen atoms in total. The second-order valence-electron chi connectivity index (χ2n) is 6.25. The molecule has 1 saturated heterocycles. The standard InChI is InChI=1S/C19H23N3OS/c1-15(24-19-20-10-5-11-21-19)18(23)22-12-8-17(9-13-22)14-16-6-3-2-4-7-16/h2-7,10-11,15,17H,8-9,12-14H2,1H3/t15-/m0/s1. The smallest absolute Gasteiger partial charge is 0.235 e. The lowest BCUT2D eigenvalue weighted by Gasteiger charge is -2.33. The van der Waals surface area contributed by atoms with Gasteiger partial charge < -0.3 is 4.90 Å². The van der Waals surface area contributed by atoms with E-state index in [9.17, 15) is 4.79 Å². The van der Waals surface area contributed by atoms with E-state index in [-0.39, 0.29) is 11.2 Å². The van der Waals surface area contributed by atoms with Crippen molar-refractivity contribution < 1.29 is 4.79 Å². The van der Waals surface area contributed by atoms with Crippen molar-refractivity contribution in [2.75, 3.05) is 13.1 Å². The fourth-order valence-corrected chi connectivity index (χ4v) is 3.93. The number of likely N-dealkylation sites (tertiary alicyclic amines) is 1. The first kappa shape index (κ1) is 17.0. The van der Waals surface area contributed by atoms with E-state index >= 15 is 0 Å². The predicted molar refractivity (Wildman–Crippen MR) is 96.8 cm³/mol. The Labute approximate surface area is 147 Å². The number of carbonyl (C=O) groups excluding carboxylic acids is 1. The highest BCUT2D eigenvalue weighted by Gasteiger charge is 2.27. The van der Waals surface area contributed by atoms with Crippen molar-refractivity contribution in [2.45, 2.75) is 36.6 Å². The normalized spacial score (nSPS) is 16.8. The second kappa shape index (κ2) is 8.29. The highest BCUT2D eigenvalue weighted by atomic mass is 32.2. The molecule has 1 amide bonds. The minimum absolute atomic E-state index is 0.141.